The van der Waals surface area contributed by atoms with Crippen LogP contribution in [0.1, 0.15) is 57.9 Å². The topological polar surface area (TPSA) is 165 Å². The normalized spacial score (nSPS) is 11.8. The summed E-state index contributed by atoms with van der Waals surface area (Å²) in [6, 6.07) is 13.8. The maximum Gasteiger partial charge on any atom is 0.416 e. The zero-order valence-corrected chi connectivity index (χ0v) is 30.3. The molecule has 0 aliphatic heterocycles. The van der Waals surface area contributed by atoms with Crippen molar-refractivity contribution in [3.05, 3.63) is 106 Å². The van der Waals surface area contributed by atoms with Gasteiger partial charge in [0.2, 0.25) is 11.8 Å². The van der Waals surface area contributed by atoms with Crippen molar-refractivity contribution in [2.45, 2.75) is 38.8 Å². The number of hydrogen-bond donors (Lipinski definition) is 2. The smallest absolute Gasteiger partial charge is 0.416 e. The molecule has 3 N–H and O–H groups in total. The summed E-state index contributed by atoms with van der Waals surface area (Å²) in [6.07, 6.45) is -0.685. The van der Waals surface area contributed by atoms with Crippen LogP contribution in [0.25, 0.3) is 34.1 Å². The molecule has 1 amide bonds. The molecule has 0 radical (unpaired) electrons. The number of amides is 1. The lowest BCUT2D eigenvalue weighted by atomic mass is 9.90. The quantitative estimate of drug-likeness (QED) is 0.0560. The summed E-state index contributed by atoms with van der Waals surface area (Å²) in [7, 11) is 3.03. The maximum absolute atomic E-state index is 13.8. The van der Waals surface area contributed by atoms with Crippen LogP contribution in [0.5, 0.6) is 11.5 Å². The standard InChI is InChI=1S/C24H20Cl2F3N3O3.C12H13N3O3/c1-13-30-12-21(34-13)18-7-5-14(10-20(18)33-2)22-31-32-23(35-22)17(4-3-9-25)16-8-6-15(26)11-19(16)24(27,28)29;1-7-14-6-11(18-7)9-4-3-8(12(16)15-13)5-10(9)17-2/h5-8,10-12,17H,3-4,9H2,1-2H3;3-6H,13H2,1-2H3,(H,15,16). The van der Waals surface area contributed by atoms with Gasteiger partial charge in [0.05, 0.1) is 49.2 Å². The third kappa shape index (κ3) is 9.17. The van der Waals surface area contributed by atoms with Crippen molar-refractivity contribution in [2.75, 3.05) is 20.1 Å². The van der Waals surface area contributed by atoms with E-state index in [9.17, 15) is 18.0 Å². The highest BCUT2D eigenvalue weighted by molar-refractivity contribution is 6.30. The van der Waals surface area contributed by atoms with Crippen molar-refractivity contribution in [1.82, 2.24) is 25.6 Å². The number of aryl methyl sites for hydroxylation is 2. The molecule has 6 aromatic rings. The van der Waals surface area contributed by atoms with E-state index in [1.807, 2.05) is 0 Å². The number of ether oxygens (including phenoxy) is 2. The second-order valence-corrected chi connectivity index (χ2v) is 12.2. The molecule has 53 heavy (non-hydrogen) atoms. The van der Waals surface area contributed by atoms with Crippen molar-refractivity contribution in [3.63, 3.8) is 0 Å². The predicted molar refractivity (Wildman–Crippen MR) is 190 cm³/mol. The fourth-order valence-electron chi connectivity index (χ4n) is 5.38. The van der Waals surface area contributed by atoms with Crippen LogP contribution in [0.3, 0.4) is 0 Å². The van der Waals surface area contributed by atoms with Crippen molar-refractivity contribution < 1.29 is 40.7 Å². The van der Waals surface area contributed by atoms with Gasteiger partial charge in [0.15, 0.2) is 23.3 Å². The molecular weight excluding hydrogens is 740 g/mol. The van der Waals surface area contributed by atoms with Gasteiger partial charge in [0.25, 0.3) is 5.91 Å². The van der Waals surface area contributed by atoms with Crippen LogP contribution in [-0.2, 0) is 6.18 Å². The molecular formula is C36H33Cl2F3N6O6. The summed E-state index contributed by atoms with van der Waals surface area (Å²) in [5, 5.41) is 8.15. The van der Waals surface area contributed by atoms with Gasteiger partial charge in [-0.3, -0.25) is 10.2 Å². The Morgan fingerprint density at radius 3 is 2.06 bits per heavy atom. The number of nitrogens with one attached hydrogen (secondary N) is 1. The first-order valence-corrected chi connectivity index (χ1v) is 16.8. The van der Waals surface area contributed by atoms with Gasteiger partial charge in [0.1, 0.15) is 11.5 Å². The molecule has 17 heteroatoms. The highest BCUT2D eigenvalue weighted by Gasteiger charge is 2.37. The van der Waals surface area contributed by atoms with Gasteiger partial charge in [-0.25, -0.2) is 15.8 Å². The monoisotopic (exact) mass is 772 g/mol. The minimum absolute atomic E-state index is 0.00386. The minimum atomic E-state index is -4.61. The Balaban J connectivity index is 0.000000252. The largest absolute Gasteiger partial charge is 0.496 e. The number of carbonyl (C=O) groups is 1. The first-order valence-electron chi connectivity index (χ1n) is 15.9. The van der Waals surface area contributed by atoms with Crippen molar-refractivity contribution in [1.29, 1.82) is 0 Å². The SMILES string of the molecule is COc1cc(-c2nnc(C(CCCCl)c3ccc(Cl)cc3C(F)(F)F)o2)ccc1-c1cnc(C)o1.COc1cc(C(=O)NN)ccc1-c1cnc(C)o1. The van der Waals surface area contributed by atoms with E-state index in [4.69, 9.17) is 51.8 Å². The van der Waals surface area contributed by atoms with E-state index < -0.39 is 17.7 Å². The van der Waals surface area contributed by atoms with Crippen LogP contribution in [0.2, 0.25) is 5.02 Å². The third-order valence-electron chi connectivity index (χ3n) is 7.88. The number of rotatable bonds is 11. The molecule has 0 aliphatic carbocycles. The average Bonchev–Trinajstić information content (AvgIpc) is 3.93. The Morgan fingerprint density at radius 2 is 1.51 bits per heavy atom. The van der Waals surface area contributed by atoms with E-state index in [0.717, 1.165) is 11.6 Å². The predicted octanol–water partition coefficient (Wildman–Crippen LogP) is 8.79. The number of nitrogens with zero attached hydrogens (tertiary/aromatic N) is 4. The van der Waals surface area contributed by atoms with Crippen LogP contribution < -0.4 is 20.7 Å². The van der Waals surface area contributed by atoms with E-state index in [-0.39, 0.29) is 40.6 Å². The first-order chi connectivity index (χ1) is 25.4. The average molecular weight is 774 g/mol. The van der Waals surface area contributed by atoms with E-state index in [1.165, 1.54) is 26.4 Å². The van der Waals surface area contributed by atoms with Crippen LogP contribution >= 0.6 is 23.2 Å². The highest BCUT2D eigenvalue weighted by atomic mass is 35.5. The lowest BCUT2D eigenvalue weighted by molar-refractivity contribution is -0.138. The second kappa shape index (κ2) is 17.0. The molecule has 1 atom stereocenters. The van der Waals surface area contributed by atoms with Crippen molar-refractivity contribution in [3.8, 4) is 45.6 Å². The zero-order valence-electron chi connectivity index (χ0n) is 28.8. The Kier molecular flexibility index (Phi) is 12.4. The maximum atomic E-state index is 13.8. The number of oxazole rings is 2. The van der Waals surface area contributed by atoms with Gasteiger partial charge in [0, 0.05) is 35.9 Å². The van der Waals surface area contributed by atoms with Crippen LogP contribution in [0, 0.1) is 13.8 Å². The van der Waals surface area contributed by atoms with Gasteiger partial charge >= 0.3 is 6.18 Å². The molecule has 3 aromatic carbocycles. The lowest BCUT2D eigenvalue weighted by Gasteiger charge is -2.19. The number of halogens is 5. The number of carbonyl (C=O) groups excluding carboxylic acids is 1. The summed E-state index contributed by atoms with van der Waals surface area (Å²) in [6.45, 7) is 3.49. The van der Waals surface area contributed by atoms with E-state index in [2.05, 4.69) is 25.6 Å². The number of benzene rings is 3. The molecule has 0 spiro atoms. The Morgan fingerprint density at radius 1 is 0.887 bits per heavy atom. The Labute approximate surface area is 311 Å². The summed E-state index contributed by atoms with van der Waals surface area (Å²) >= 11 is 11.7. The summed E-state index contributed by atoms with van der Waals surface area (Å²) in [5.74, 6) is 7.53. The number of nitrogen functional groups attached to an aromatic ring is 1. The molecule has 0 saturated heterocycles. The van der Waals surface area contributed by atoms with Crippen LogP contribution in [0.15, 0.2) is 80.2 Å². The Hall–Kier alpha value is -5.38. The Bertz CT molecular complexity index is 2180. The number of nitrogens with two attached hydrogens (primary N) is 1. The van der Waals surface area contributed by atoms with E-state index >= 15 is 0 Å². The highest BCUT2D eigenvalue weighted by Crippen LogP contribution is 2.41. The second-order valence-electron chi connectivity index (χ2n) is 11.3. The molecule has 278 valence electrons. The van der Waals surface area contributed by atoms with Gasteiger partial charge in [-0.2, -0.15) is 13.2 Å². The number of alkyl halides is 4. The minimum Gasteiger partial charge on any atom is -0.496 e. The van der Waals surface area contributed by atoms with E-state index in [1.54, 1.807) is 62.6 Å². The van der Waals surface area contributed by atoms with Gasteiger partial charge in [-0.1, -0.05) is 17.7 Å². The van der Waals surface area contributed by atoms with Crippen LogP contribution in [0.4, 0.5) is 13.2 Å². The molecule has 0 fully saturated rings. The van der Waals surface area contributed by atoms with Gasteiger partial charge < -0.3 is 22.7 Å². The molecule has 3 aromatic heterocycles. The first kappa shape index (κ1) is 38.8. The molecule has 3 heterocycles. The lowest BCUT2D eigenvalue weighted by Crippen LogP contribution is -2.29. The molecule has 12 nitrogen and oxygen atoms in total. The number of methoxy groups -OCH3 is 2. The fraction of sp³-hybridized carbons (Fsp3) is 0.250. The molecule has 0 saturated carbocycles. The molecule has 0 bridgehead atoms. The van der Waals surface area contributed by atoms with Crippen molar-refractivity contribution >= 4 is 29.1 Å². The number of aromatic nitrogens is 4. The van der Waals surface area contributed by atoms with Gasteiger partial charge in [-0.05, 0) is 66.9 Å². The van der Waals surface area contributed by atoms with Gasteiger partial charge in [-0.15, -0.1) is 21.8 Å². The summed E-state index contributed by atoms with van der Waals surface area (Å²) < 4.78 is 68.9. The van der Waals surface area contributed by atoms with E-state index in [0.29, 0.717) is 57.9 Å². The van der Waals surface area contributed by atoms with Crippen molar-refractivity contribution in [2.24, 2.45) is 5.84 Å². The number of hydrogen-bond acceptors (Lipinski definition) is 11. The summed E-state index contributed by atoms with van der Waals surface area (Å²) in [4.78, 5) is 19.5. The number of hydrazine groups is 1. The molecule has 1 unspecified atom stereocenters. The zero-order chi connectivity index (χ0) is 38.3. The molecule has 6 rings (SSSR count). The fourth-order valence-corrected chi connectivity index (χ4v) is 5.71. The molecule has 0 aliphatic rings. The van der Waals surface area contributed by atoms with Crippen LogP contribution in [-0.4, -0.2) is 46.2 Å². The third-order valence-corrected chi connectivity index (χ3v) is 8.38. The summed E-state index contributed by atoms with van der Waals surface area (Å²) in [5.41, 5.74) is 3.56.